The lowest BCUT2D eigenvalue weighted by atomic mass is 9.49. The van der Waals surface area contributed by atoms with Crippen LogP contribution in [-0.4, -0.2) is 15.2 Å². The summed E-state index contributed by atoms with van der Waals surface area (Å²) in [5, 5.41) is 3.09. The molecule has 3 nitrogen and oxygen atoms in total. The van der Waals surface area contributed by atoms with Crippen molar-refractivity contribution in [1.29, 1.82) is 0 Å². The number of amides is 1. The average Bonchev–Trinajstić information content (AvgIpc) is 2.35. The molecule has 4 aliphatic carbocycles. The van der Waals surface area contributed by atoms with E-state index in [1.165, 1.54) is 19.3 Å². The fraction of sp³-hybridized carbons (Fsp3) is 0.647. The Morgan fingerprint density at radius 3 is 2.67 bits per heavy atom. The van der Waals surface area contributed by atoms with Crippen LogP contribution in [0, 0.1) is 24.2 Å². The van der Waals surface area contributed by atoms with Gasteiger partial charge in [-0.1, -0.05) is 15.9 Å². The Labute approximate surface area is 134 Å². The molecule has 0 spiro atoms. The minimum atomic E-state index is -0.168. The smallest absolute Gasteiger partial charge is 0.231 e. The van der Waals surface area contributed by atoms with Crippen LogP contribution in [0.4, 0.5) is 5.82 Å². The van der Waals surface area contributed by atoms with Gasteiger partial charge in [-0.25, -0.2) is 4.98 Å². The Morgan fingerprint density at radius 2 is 2.05 bits per heavy atom. The maximum Gasteiger partial charge on any atom is 0.231 e. The number of hydrogen-bond acceptors (Lipinski definition) is 2. The zero-order valence-corrected chi connectivity index (χ0v) is 13.9. The highest BCUT2D eigenvalue weighted by Gasteiger charge is 2.59. The van der Waals surface area contributed by atoms with Crippen molar-refractivity contribution in [2.24, 2.45) is 17.3 Å². The molecule has 0 radical (unpaired) electrons. The summed E-state index contributed by atoms with van der Waals surface area (Å²) < 4.78 is 0.217. The van der Waals surface area contributed by atoms with Gasteiger partial charge >= 0.3 is 0 Å². The first-order chi connectivity index (χ1) is 9.96. The van der Waals surface area contributed by atoms with Gasteiger partial charge in [0, 0.05) is 10.5 Å². The largest absolute Gasteiger partial charge is 0.310 e. The van der Waals surface area contributed by atoms with Crippen LogP contribution in [0.25, 0.3) is 0 Å². The third kappa shape index (κ3) is 2.32. The second-order valence-electron chi connectivity index (χ2n) is 7.56. The Kier molecular flexibility index (Phi) is 2.97. The van der Waals surface area contributed by atoms with Gasteiger partial charge in [-0.2, -0.15) is 0 Å². The minimum absolute atomic E-state index is 0.168. The Bertz CT molecular complexity index is 586. The molecule has 0 saturated heterocycles. The maximum atomic E-state index is 12.9. The fourth-order valence-corrected chi connectivity index (χ4v) is 6.72. The summed E-state index contributed by atoms with van der Waals surface area (Å²) in [6, 6.07) is 3.90. The van der Waals surface area contributed by atoms with Crippen LogP contribution >= 0.6 is 15.9 Å². The Morgan fingerprint density at radius 1 is 1.33 bits per heavy atom. The molecule has 4 saturated carbocycles. The van der Waals surface area contributed by atoms with Gasteiger partial charge in [0.05, 0.1) is 5.41 Å². The topological polar surface area (TPSA) is 42.0 Å². The SMILES string of the molecule is Cc1ccnc(NC(=O)C23CC4CC(CC(Br)(C4)C2)C3)c1. The lowest BCUT2D eigenvalue weighted by molar-refractivity contribution is -0.138. The minimum Gasteiger partial charge on any atom is -0.310 e. The predicted octanol–water partition coefficient (Wildman–Crippen LogP) is 4.06. The lowest BCUT2D eigenvalue weighted by Gasteiger charge is -2.59. The number of carbonyl (C=O) groups excluding carboxylic acids is 1. The molecule has 0 aliphatic heterocycles. The zero-order valence-electron chi connectivity index (χ0n) is 12.4. The summed E-state index contributed by atoms with van der Waals surface area (Å²) in [5.74, 6) is 2.33. The van der Waals surface area contributed by atoms with E-state index in [4.69, 9.17) is 0 Å². The highest BCUT2D eigenvalue weighted by molar-refractivity contribution is 9.10. The molecule has 1 aromatic rings. The molecule has 4 heteroatoms. The zero-order chi connectivity index (χ0) is 14.7. The molecule has 21 heavy (non-hydrogen) atoms. The van der Waals surface area contributed by atoms with Crippen LogP contribution in [0.2, 0.25) is 0 Å². The van der Waals surface area contributed by atoms with E-state index in [2.05, 4.69) is 26.2 Å². The summed E-state index contributed by atoms with van der Waals surface area (Å²) in [6.07, 6.45) is 8.71. The van der Waals surface area contributed by atoms with Gasteiger partial charge in [0.2, 0.25) is 5.91 Å². The molecule has 1 N–H and O–H groups in total. The molecular weight excluding hydrogens is 328 g/mol. The third-order valence-electron chi connectivity index (χ3n) is 5.63. The number of aryl methyl sites for hydroxylation is 1. The van der Waals surface area contributed by atoms with Crippen molar-refractivity contribution in [1.82, 2.24) is 4.98 Å². The van der Waals surface area contributed by atoms with Crippen molar-refractivity contribution < 1.29 is 4.79 Å². The van der Waals surface area contributed by atoms with Crippen molar-refractivity contribution in [2.75, 3.05) is 5.32 Å². The van der Waals surface area contributed by atoms with Crippen LogP contribution in [-0.2, 0) is 4.79 Å². The van der Waals surface area contributed by atoms with E-state index >= 15 is 0 Å². The van der Waals surface area contributed by atoms with E-state index in [0.717, 1.165) is 36.7 Å². The number of carbonyl (C=O) groups is 1. The van der Waals surface area contributed by atoms with Gasteiger partial charge in [0.1, 0.15) is 5.82 Å². The van der Waals surface area contributed by atoms with Crippen LogP contribution in [0.5, 0.6) is 0 Å². The number of pyridine rings is 1. The summed E-state index contributed by atoms with van der Waals surface area (Å²) in [7, 11) is 0. The lowest BCUT2D eigenvalue weighted by Crippen LogP contribution is -2.57. The maximum absolute atomic E-state index is 12.9. The van der Waals surface area contributed by atoms with Crippen molar-refractivity contribution in [3.8, 4) is 0 Å². The van der Waals surface area contributed by atoms with Gasteiger partial charge in [-0.15, -0.1) is 0 Å². The molecule has 5 rings (SSSR count). The third-order valence-corrected chi connectivity index (χ3v) is 6.56. The molecule has 4 aliphatic rings. The first-order valence-corrected chi connectivity index (χ1v) is 8.69. The van der Waals surface area contributed by atoms with Crippen LogP contribution in [0.3, 0.4) is 0 Å². The van der Waals surface area contributed by atoms with E-state index in [-0.39, 0.29) is 15.6 Å². The number of halogens is 1. The highest BCUT2D eigenvalue weighted by atomic mass is 79.9. The van der Waals surface area contributed by atoms with Crippen LogP contribution < -0.4 is 5.32 Å². The van der Waals surface area contributed by atoms with Gasteiger partial charge in [0.25, 0.3) is 0 Å². The van der Waals surface area contributed by atoms with Gasteiger partial charge < -0.3 is 5.32 Å². The molecule has 1 aromatic heterocycles. The van der Waals surface area contributed by atoms with Gasteiger partial charge in [-0.3, -0.25) is 4.79 Å². The number of nitrogens with zero attached hydrogens (tertiary/aromatic N) is 1. The van der Waals surface area contributed by atoms with E-state index < -0.39 is 0 Å². The summed E-state index contributed by atoms with van der Waals surface area (Å²) in [6.45, 7) is 2.02. The molecule has 0 aromatic carbocycles. The number of hydrogen-bond donors (Lipinski definition) is 1. The number of aromatic nitrogens is 1. The first kappa shape index (κ1) is 13.7. The quantitative estimate of drug-likeness (QED) is 0.818. The second kappa shape index (κ2) is 4.55. The van der Waals surface area contributed by atoms with Crippen molar-refractivity contribution in [2.45, 2.75) is 49.8 Å². The molecule has 4 bridgehead atoms. The van der Waals surface area contributed by atoms with Gasteiger partial charge in [0.15, 0.2) is 0 Å². The number of alkyl halides is 1. The van der Waals surface area contributed by atoms with E-state index in [1.807, 2.05) is 19.1 Å². The standard InChI is InChI=1S/C17H21BrN2O/c1-11-2-3-19-14(4-11)20-15(21)16-6-12-5-13(7-16)9-17(18,8-12)10-16/h2-4,12-13H,5-10H2,1H3,(H,19,20,21). The number of anilines is 1. The highest BCUT2D eigenvalue weighted by Crippen LogP contribution is 2.64. The van der Waals surface area contributed by atoms with E-state index in [9.17, 15) is 4.79 Å². The molecule has 1 heterocycles. The predicted molar refractivity (Wildman–Crippen MR) is 86.4 cm³/mol. The average molecular weight is 349 g/mol. The number of nitrogens with one attached hydrogen (secondary N) is 1. The molecule has 2 unspecified atom stereocenters. The van der Waals surface area contributed by atoms with Crippen molar-refractivity contribution >= 4 is 27.7 Å². The monoisotopic (exact) mass is 348 g/mol. The Balaban J connectivity index is 1.59. The fourth-order valence-electron chi connectivity index (χ4n) is 5.27. The summed E-state index contributed by atoms with van der Waals surface area (Å²) in [5.41, 5.74) is 0.960. The first-order valence-electron chi connectivity index (χ1n) is 7.90. The van der Waals surface area contributed by atoms with Crippen LogP contribution in [0.15, 0.2) is 18.3 Å². The second-order valence-corrected chi connectivity index (χ2v) is 9.25. The van der Waals surface area contributed by atoms with Crippen molar-refractivity contribution in [3.63, 3.8) is 0 Å². The molecule has 112 valence electrons. The Hall–Kier alpha value is -0.900. The van der Waals surface area contributed by atoms with E-state index in [0.29, 0.717) is 5.82 Å². The molecular formula is C17H21BrN2O. The molecule has 4 fully saturated rings. The van der Waals surface area contributed by atoms with Gasteiger partial charge in [-0.05, 0) is 75.0 Å². The molecule has 2 atom stereocenters. The molecule has 1 amide bonds. The van der Waals surface area contributed by atoms with Crippen LogP contribution in [0.1, 0.15) is 44.1 Å². The van der Waals surface area contributed by atoms with E-state index in [1.54, 1.807) is 6.20 Å². The summed E-state index contributed by atoms with van der Waals surface area (Å²) in [4.78, 5) is 17.2. The summed E-state index contributed by atoms with van der Waals surface area (Å²) >= 11 is 3.96. The van der Waals surface area contributed by atoms with Crippen molar-refractivity contribution in [3.05, 3.63) is 23.9 Å². The normalized spacial score (nSPS) is 40.3. The number of rotatable bonds is 2.